The summed E-state index contributed by atoms with van der Waals surface area (Å²) in [6.07, 6.45) is 17.6. The van der Waals surface area contributed by atoms with E-state index in [2.05, 4.69) is 328 Å². The van der Waals surface area contributed by atoms with Gasteiger partial charge < -0.3 is 21.3 Å². The summed E-state index contributed by atoms with van der Waals surface area (Å²) in [5.74, 6) is 1.23. The molecule has 0 saturated carbocycles. The first-order valence-electron chi connectivity index (χ1n) is 37.8. The third kappa shape index (κ3) is 17.9. The van der Waals surface area contributed by atoms with Crippen molar-refractivity contribution < 1.29 is 0 Å². The van der Waals surface area contributed by atoms with Gasteiger partial charge in [0, 0.05) is 39.7 Å². The largest absolute Gasteiger partial charge is 0.322 e. The summed E-state index contributed by atoms with van der Waals surface area (Å²) in [5.41, 5.74) is 44.3. The topological polar surface area (TPSA) is 58.5 Å². The maximum Gasteiger partial charge on any atom is 0.0564 e. The number of unbranched alkanes of at least 4 members (excludes halogenated alkanes) is 6. The van der Waals surface area contributed by atoms with Crippen LogP contribution in [0.25, 0.3) is 66.8 Å². The number of benzene rings is 11. The van der Waals surface area contributed by atoms with Gasteiger partial charge in [-0.1, -0.05) is 269 Å². The molecular formula is C97H110N4. The zero-order chi connectivity index (χ0) is 71.2. The van der Waals surface area contributed by atoms with Crippen LogP contribution >= 0.6 is 0 Å². The predicted octanol–water partition coefficient (Wildman–Crippen LogP) is 27.2. The normalized spacial score (nSPS) is 12.7. The summed E-state index contributed by atoms with van der Waals surface area (Å²) < 4.78 is 0. The highest BCUT2D eigenvalue weighted by molar-refractivity contribution is 5.87. The molecule has 11 aromatic carbocycles. The molecule has 2 atom stereocenters. The second-order valence-corrected chi connectivity index (χ2v) is 30.0. The highest BCUT2D eigenvalue weighted by atomic mass is 15.1. The number of hydrogen-bond acceptors (Lipinski definition) is 4. The summed E-state index contributed by atoms with van der Waals surface area (Å²) in [4.78, 5) is 4.86. The molecule has 11 aromatic rings. The van der Waals surface area contributed by atoms with E-state index in [1.54, 1.807) is 0 Å². The van der Waals surface area contributed by atoms with Crippen LogP contribution in [0.15, 0.2) is 255 Å². The molecule has 101 heavy (non-hydrogen) atoms. The number of nitrogens with zero attached hydrogens (tertiary/aromatic N) is 2. The lowest BCUT2D eigenvalue weighted by Crippen LogP contribution is -2.32. The second kappa shape index (κ2) is 33.4. The van der Waals surface area contributed by atoms with Crippen molar-refractivity contribution in [2.45, 2.75) is 177 Å². The fraction of sp³-hybridized carbons (Fsp3) is 0.299. The molecule has 4 nitrogen and oxygen atoms in total. The van der Waals surface area contributed by atoms with Gasteiger partial charge in [0.25, 0.3) is 0 Å². The Morgan fingerprint density at radius 2 is 0.644 bits per heavy atom. The summed E-state index contributed by atoms with van der Waals surface area (Å²) in [6, 6.07) is 91.8. The molecule has 0 aliphatic heterocycles. The minimum atomic E-state index is -0.596. The molecule has 4 N–H and O–H groups in total. The summed E-state index contributed by atoms with van der Waals surface area (Å²) in [5, 5.41) is 0. The Morgan fingerprint density at radius 1 is 0.347 bits per heavy atom. The Labute approximate surface area is 607 Å². The van der Waals surface area contributed by atoms with E-state index in [4.69, 9.17) is 11.5 Å². The molecule has 0 radical (unpaired) electrons. The van der Waals surface area contributed by atoms with Crippen molar-refractivity contribution >= 4 is 34.1 Å². The lowest BCUT2D eigenvalue weighted by molar-refractivity contribution is 0.447. The van der Waals surface area contributed by atoms with Crippen molar-refractivity contribution in [2.75, 3.05) is 9.80 Å². The van der Waals surface area contributed by atoms with E-state index >= 15 is 0 Å². The predicted molar refractivity (Wildman–Crippen MR) is 439 cm³/mol. The molecule has 4 heteroatoms. The molecule has 0 spiro atoms. The van der Waals surface area contributed by atoms with Gasteiger partial charge in [-0.2, -0.15) is 0 Å². The zero-order valence-electron chi connectivity index (χ0n) is 62.5. The molecule has 11 rings (SSSR count). The number of hydrogen-bond donors (Lipinski definition) is 2. The molecule has 0 saturated heterocycles. The standard InChI is InChI=1S/C97H110N4/c1-13-17-19-21-23-82-67-95(93-60-58-91(65-71(93)10)101(87-51-39-79(40-52-87)75-31-27-73(28-32-75)63-69(7)8)89-55-43-81(44-56-89)77-35-47-85(48-36-77)97(12,99)61-15-3)83(24-22-20-18-14-2)66-94(82)92-59-57-90(64-70(92)9)100(86-49-37-78(38-50-86)74-29-25-72(26-30-74)62-68(5)6)88-53-41-80(42-54-88)76-33-45-84(46-34-76)96(11,98)16-4/h16,25-60,64-69H,4,13-15,17-24,61-63,98-99H2,1-3,5-12H3. The summed E-state index contributed by atoms with van der Waals surface area (Å²) >= 11 is 0. The average Bonchev–Trinajstić information content (AvgIpc) is 0.906. The van der Waals surface area contributed by atoms with Crippen LogP contribution in [-0.4, -0.2) is 0 Å². The molecule has 0 amide bonds. The Hall–Kier alpha value is -9.32. The highest BCUT2D eigenvalue weighted by Gasteiger charge is 2.24. The minimum absolute atomic E-state index is 0.352. The quantitative estimate of drug-likeness (QED) is 0.0336. The lowest BCUT2D eigenvalue weighted by atomic mass is 9.84. The van der Waals surface area contributed by atoms with E-state index in [1.807, 2.05) is 13.0 Å². The lowest BCUT2D eigenvalue weighted by Gasteiger charge is -2.28. The van der Waals surface area contributed by atoms with Gasteiger partial charge in [0.15, 0.2) is 0 Å². The number of rotatable bonds is 31. The molecular weight excluding hydrogens is 1220 g/mol. The Kier molecular flexibility index (Phi) is 24.1. The van der Waals surface area contributed by atoms with Crippen molar-refractivity contribution in [3.05, 3.63) is 300 Å². The van der Waals surface area contributed by atoms with Crippen molar-refractivity contribution in [1.29, 1.82) is 0 Å². The molecule has 2 unspecified atom stereocenters. The number of anilines is 6. The van der Waals surface area contributed by atoms with E-state index in [9.17, 15) is 0 Å². The fourth-order valence-electron chi connectivity index (χ4n) is 14.8. The summed E-state index contributed by atoms with van der Waals surface area (Å²) in [7, 11) is 0. The van der Waals surface area contributed by atoms with E-state index < -0.39 is 5.54 Å². The van der Waals surface area contributed by atoms with Crippen LogP contribution in [0.1, 0.15) is 171 Å². The van der Waals surface area contributed by atoms with E-state index in [0.717, 1.165) is 102 Å². The Balaban J connectivity index is 0.972. The van der Waals surface area contributed by atoms with Crippen molar-refractivity contribution in [2.24, 2.45) is 23.3 Å². The highest BCUT2D eigenvalue weighted by Crippen LogP contribution is 2.45. The molecule has 0 aliphatic carbocycles. The van der Waals surface area contributed by atoms with Crippen LogP contribution in [0, 0.1) is 25.7 Å². The summed E-state index contributed by atoms with van der Waals surface area (Å²) in [6.45, 7) is 28.8. The maximum absolute atomic E-state index is 6.80. The third-order valence-electron chi connectivity index (χ3n) is 20.7. The van der Waals surface area contributed by atoms with Gasteiger partial charge >= 0.3 is 0 Å². The van der Waals surface area contributed by atoms with Crippen LogP contribution in [0.3, 0.4) is 0 Å². The van der Waals surface area contributed by atoms with Gasteiger partial charge in [-0.15, -0.1) is 6.58 Å². The number of nitrogens with two attached hydrogens (primary N) is 2. The van der Waals surface area contributed by atoms with Crippen molar-refractivity contribution in [3.8, 4) is 66.8 Å². The van der Waals surface area contributed by atoms with E-state index in [0.29, 0.717) is 11.8 Å². The Morgan fingerprint density at radius 3 is 0.931 bits per heavy atom. The first-order valence-corrected chi connectivity index (χ1v) is 37.8. The molecule has 0 aromatic heterocycles. The molecule has 0 fully saturated rings. The smallest absolute Gasteiger partial charge is 0.0564 e. The van der Waals surface area contributed by atoms with E-state index in [1.165, 1.54) is 133 Å². The number of aryl methyl sites for hydroxylation is 4. The monoisotopic (exact) mass is 1330 g/mol. The molecule has 0 aliphatic rings. The van der Waals surface area contributed by atoms with Crippen LogP contribution in [0.4, 0.5) is 34.1 Å². The third-order valence-corrected chi connectivity index (χ3v) is 20.7. The van der Waals surface area contributed by atoms with Gasteiger partial charge in [-0.05, 0) is 269 Å². The Bertz CT molecular complexity index is 4480. The SMILES string of the molecule is C=CC(C)(N)c1ccc(-c2ccc(N(c3ccc(-c4ccc(CC(C)C)cc4)cc3)c3ccc(-c4cc(CCCCCC)c(-c5ccc(N(c6ccc(-c7ccc(CC(C)C)cc7)cc6)c6ccc(-c7ccc(C(C)(N)CCC)cc7)cc6)cc5C)cc4CCCCCC)c(C)c3)cc2)cc1. The fourth-order valence-corrected chi connectivity index (χ4v) is 14.8. The first kappa shape index (κ1) is 72.9. The van der Waals surface area contributed by atoms with Gasteiger partial charge in [0.05, 0.1) is 5.54 Å². The minimum Gasteiger partial charge on any atom is -0.322 e. The maximum atomic E-state index is 6.80. The van der Waals surface area contributed by atoms with Crippen LogP contribution < -0.4 is 21.3 Å². The van der Waals surface area contributed by atoms with Crippen molar-refractivity contribution in [1.82, 2.24) is 0 Å². The zero-order valence-corrected chi connectivity index (χ0v) is 62.5. The van der Waals surface area contributed by atoms with Gasteiger partial charge in [-0.3, -0.25) is 0 Å². The van der Waals surface area contributed by atoms with E-state index in [-0.39, 0.29) is 5.54 Å². The molecule has 518 valence electrons. The molecule has 0 bridgehead atoms. The van der Waals surface area contributed by atoms with Crippen molar-refractivity contribution in [3.63, 3.8) is 0 Å². The van der Waals surface area contributed by atoms with Crippen LogP contribution in [0.5, 0.6) is 0 Å². The van der Waals surface area contributed by atoms with Gasteiger partial charge in [0.1, 0.15) is 0 Å². The molecule has 0 heterocycles. The van der Waals surface area contributed by atoms with Crippen LogP contribution in [0.2, 0.25) is 0 Å². The second-order valence-electron chi connectivity index (χ2n) is 30.0. The average molecular weight is 1330 g/mol. The first-order chi connectivity index (χ1) is 48.8. The van der Waals surface area contributed by atoms with Gasteiger partial charge in [-0.25, -0.2) is 0 Å². The van der Waals surface area contributed by atoms with Crippen LogP contribution in [-0.2, 0) is 36.8 Å². The van der Waals surface area contributed by atoms with Gasteiger partial charge in [0.2, 0.25) is 0 Å².